The van der Waals surface area contributed by atoms with E-state index in [2.05, 4.69) is 20.8 Å². The van der Waals surface area contributed by atoms with Crippen molar-refractivity contribution in [3.05, 3.63) is 59.7 Å². The summed E-state index contributed by atoms with van der Waals surface area (Å²) in [5, 5.41) is 0. The fraction of sp³-hybridized carbons (Fsp3) is 0.481. The Morgan fingerprint density at radius 2 is 1.35 bits per heavy atom. The third-order valence-corrected chi connectivity index (χ3v) is 5.47. The van der Waals surface area contributed by atoms with Crippen LogP contribution in [-0.2, 0) is 0 Å². The molecule has 1 unspecified atom stereocenters. The third-order valence-electron chi connectivity index (χ3n) is 5.47. The van der Waals surface area contributed by atoms with Crippen molar-refractivity contribution in [1.29, 1.82) is 0 Å². The average Bonchev–Trinajstić information content (AvgIpc) is 2.79. The van der Waals surface area contributed by atoms with E-state index < -0.39 is 5.97 Å². The fourth-order valence-corrected chi connectivity index (χ4v) is 3.21. The Bertz CT molecular complexity index is 793. The highest BCUT2D eigenvalue weighted by Crippen LogP contribution is 2.19. The molecule has 0 aliphatic heterocycles. The van der Waals surface area contributed by atoms with E-state index in [4.69, 9.17) is 9.47 Å². The summed E-state index contributed by atoms with van der Waals surface area (Å²) >= 11 is 0. The molecule has 0 radical (unpaired) electrons. The molecule has 0 bridgehead atoms. The molecule has 0 aromatic heterocycles. The summed E-state index contributed by atoms with van der Waals surface area (Å²) < 4.78 is 11.2. The van der Waals surface area contributed by atoms with Crippen LogP contribution in [0.15, 0.2) is 48.5 Å². The molecule has 0 saturated heterocycles. The Hall–Kier alpha value is -2.62. The largest absolute Gasteiger partial charge is 0.494 e. The minimum Gasteiger partial charge on any atom is -0.494 e. The van der Waals surface area contributed by atoms with Crippen molar-refractivity contribution in [1.82, 2.24) is 0 Å². The predicted octanol–water partition coefficient (Wildman–Crippen LogP) is 7.26. The van der Waals surface area contributed by atoms with Crippen LogP contribution in [0.4, 0.5) is 0 Å². The van der Waals surface area contributed by atoms with Gasteiger partial charge in [-0.3, -0.25) is 4.79 Å². The van der Waals surface area contributed by atoms with Gasteiger partial charge in [-0.15, -0.1) is 0 Å². The minimum atomic E-state index is -0.429. The smallest absolute Gasteiger partial charge is 0.343 e. The van der Waals surface area contributed by atoms with Crippen LogP contribution >= 0.6 is 0 Å². The van der Waals surface area contributed by atoms with E-state index in [1.54, 1.807) is 48.5 Å². The second-order valence-electron chi connectivity index (χ2n) is 8.20. The molecule has 0 saturated carbocycles. The first-order valence-corrected chi connectivity index (χ1v) is 11.6. The van der Waals surface area contributed by atoms with Crippen molar-refractivity contribution in [2.45, 2.75) is 72.1 Å². The first-order valence-electron chi connectivity index (χ1n) is 11.6. The number of ether oxygens (including phenoxy) is 2. The number of Topliss-reactive ketones (excluding diaryl/α,β-unsaturated/α-hetero) is 1. The Morgan fingerprint density at radius 1 is 0.774 bits per heavy atom. The van der Waals surface area contributed by atoms with E-state index in [0.29, 0.717) is 35.8 Å². The molecule has 2 rings (SSSR count). The Morgan fingerprint density at radius 3 is 2.00 bits per heavy atom. The number of hydrogen-bond acceptors (Lipinski definition) is 4. The third kappa shape index (κ3) is 8.95. The normalized spacial score (nSPS) is 11.7. The lowest BCUT2D eigenvalue weighted by Crippen LogP contribution is -2.09. The first-order chi connectivity index (χ1) is 15.0. The van der Waals surface area contributed by atoms with Gasteiger partial charge >= 0.3 is 5.97 Å². The summed E-state index contributed by atoms with van der Waals surface area (Å²) in [6, 6.07) is 13.8. The van der Waals surface area contributed by atoms with Gasteiger partial charge in [0.05, 0.1) is 12.2 Å². The Kier molecular flexibility index (Phi) is 10.8. The number of hydrogen-bond donors (Lipinski definition) is 0. The van der Waals surface area contributed by atoms with Gasteiger partial charge in [0.15, 0.2) is 5.78 Å². The summed E-state index contributed by atoms with van der Waals surface area (Å²) in [5.74, 6) is 1.23. The molecule has 2 aromatic carbocycles. The lowest BCUT2D eigenvalue weighted by Gasteiger charge is -2.09. The molecule has 4 nitrogen and oxygen atoms in total. The molecule has 0 heterocycles. The fourth-order valence-electron chi connectivity index (χ4n) is 3.21. The van der Waals surface area contributed by atoms with Gasteiger partial charge in [0.1, 0.15) is 11.5 Å². The number of rotatable bonds is 14. The zero-order chi connectivity index (χ0) is 22.5. The maximum Gasteiger partial charge on any atom is 0.343 e. The molecule has 0 fully saturated rings. The van der Waals surface area contributed by atoms with Gasteiger partial charge in [0, 0.05) is 12.0 Å². The summed E-state index contributed by atoms with van der Waals surface area (Å²) in [6.45, 7) is 7.06. The van der Waals surface area contributed by atoms with Crippen LogP contribution in [0.25, 0.3) is 0 Å². The monoisotopic (exact) mass is 424 g/mol. The van der Waals surface area contributed by atoms with E-state index in [0.717, 1.165) is 18.6 Å². The summed E-state index contributed by atoms with van der Waals surface area (Å²) in [4.78, 5) is 24.6. The van der Waals surface area contributed by atoms with E-state index in [9.17, 15) is 9.59 Å². The van der Waals surface area contributed by atoms with E-state index >= 15 is 0 Å². The summed E-state index contributed by atoms with van der Waals surface area (Å²) in [6.07, 6.45) is 8.86. The van der Waals surface area contributed by atoms with Crippen LogP contribution in [-0.4, -0.2) is 18.4 Å². The maximum absolute atomic E-state index is 12.4. The van der Waals surface area contributed by atoms with Crippen LogP contribution in [0, 0.1) is 5.92 Å². The summed E-state index contributed by atoms with van der Waals surface area (Å²) in [5.41, 5.74) is 1.11. The molecule has 2 aromatic rings. The number of carbonyl (C=O) groups excluding carboxylic acids is 2. The first kappa shape index (κ1) is 24.6. The molecule has 31 heavy (non-hydrogen) atoms. The van der Waals surface area contributed by atoms with Crippen molar-refractivity contribution in [3.8, 4) is 11.5 Å². The van der Waals surface area contributed by atoms with Crippen molar-refractivity contribution < 1.29 is 19.1 Å². The van der Waals surface area contributed by atoms with Gasteiger partial charge in [-0.2, -0.15) is 0 Å². The van der Waals surface area contributed by atoms with Crippen molar-refractivity contribution in [2.75, 3.05) is 6.61 Å². The summed E-state index contributed by atoms with van der Waals surface area (Å²) in [7, 11) is 0. The van der Waals surface area contributed by atoms with Crippen LogP contribution in [0.3, 0.4) is 0 Å². The molecule has 168 valence electrons. The molecule has 0 aliphatic rings. The highest BCUT2D eigenvalue weighted by atomic mass is 16.5. The second-order valence-corrected chi connectivity index (χ2v) is 8.20. The van der Waals surface area contributed by atoms with Crippen molar-refractivity contribution in [2.24, 2.45) is 5.92 Å². The van der Waals surface area contributed by atoms with Crippen molar-refractivity contribution in [3.63, 3.8) is 0 Å². The lowest BCUT2D eigenvalue weighted by molar-refractivity contribution is 0.0734. The average molecular weight is 425 g/mol. The molecule has 0 aliphatic carbocycles. The van der Waals surface area contributed by atoms with Gasteiger partial charge < -0.3 is 9.47 Å². The molecule has 1 atom stereocenters. The number of ketones is 1. The SMILES string of the molecule is CCCCCCCCOc1ccc(C(=O)Oc2ccc(C(=O)CC(C)CC)cc2)cc1. The number of carbonyl (C=O) groups is 2. The van der Waals surface area contributed by atoms with Gasteiger partial charge in [-0.05, 0) is 60.9 Å². The number of benzene rings is 2. The Balaban J connectivity index is 1.78. The van der Waals surface area contributed by atoms with E-state index in [1.165, 1.54) is 32.1 Å². The number of esters is 1. The molecule has 0 N–H and O–H groups in total. The molecule has 0 amide bonds. The van der Waals surface area contributed by atoms with Crippen LogP contribution in [0.1, 0.15) is 92.9 Å². The highest BCUT2D eigenvalue weighted by Gasteiger charge is 2.12. The molecular weight excluding hydrogens is 388 g/mol. The topological polar surface area (TPSA) is 52.6 Å². The Labute approximate surface area is 187 Å². The lowest BCUT2D eigenvalue weighted by atomic mass is 9.98. The minimum absolute atomic E-state index is 0.115. The zero-order valence-electron chi connectivity index (χ0n) is 19.2. The molecule has 4 heteroatoms. The highest BCUT2D eigenvalue weighted by molar-refractivity contribution is 5.96. The van der Waals surface area contributed by atoms with Gasteiger partial charge in [-0.1, -0.05) is 59.3 Å². The van der Waals surface area contributed by atoms with Crippen LogP contribution in [0.2, 0.25) is 0 Å². The quantitative estimate of drug-likeness (QED) is 0.139. The van der Waals surface area contributed by atoms with E-state index in [-0.39, 0.29) is 5.78 Å². The number of unbranched alkanes of at least 4 members (excludes halogenated alkanes) is 5. The van der Waals surface area contributed by atoms with Gasteiger partial charge in [0.2, 0.25) is 0 Å². The van der Waals surface area contributed by atoms with E-state index in [1.807, 2.05) is 0 Å². The van der Waals surface area contributed by atoms with Crippen LogP contribution in [0.5, 0.6) is 11.5 Å². The standard InChI is InChI=1S/C27H36O4/c1-4-6-7-8-9-10-19-30-24-15-13-23(14-16-24)27(29)31-25-17-11-22(12-18-25)26(28)20-21(3)5-2/h11-18,21H,4-10,19-20H2,1-3H3. The van der Waals surface area contributed by atoms with Crippen LogP contribution < -0.4 is 9.47 Å². The van der Waals surface area contributed by atoms with Gasteiger partial charge in [0.25, 0.3) is 0 Å². The zero-order valence-corrected chi connectivity index (χ0v) is 19.2. The predicted molar refractivity (Wildman–Crippen MR) is 125 cm³/mol. The van der Waals surface area contributed by atoms with Crippen molar-refractivity contribution >= 4 is 11.8 Å². The maximum atomic E-state index is 12.4. The second kappa shape index (κ2) is 13.6. The molecule has 0 spiro atoms. The van der Waals surface area contributed by atoms with Gasteiger partial charge in [-0.25, -0.2) is 4.79 Å². The molecular formula is C27H36O4.